The number of ether oxygens (including phenoxy) is 2. The van der Waals surface area contributed by atoms with Gasteiger partial charge in [0.25, 0.3) is 5.56 Å². The maximum atomic E-state index is 12.0. The Morgan fingerprint density at radius 2 is 2.40 bits per heavy atom. The van der Waals surface area contributed by atoms with Crippen molar-refractivity contribution in [1.29, 1.82) is 0 Å². The van der Waals surface area contributed by atoms with Crippen molar-refractivity contribution < 1.29 is 19.4 Å². The Kier molecular flexibility index (Phi) is 2.90. The molecule has 2 aromatic heterocycles. The topological polar surface area (TPSA) is 105 Å². The molecule has 2 aromatic rings. The highest BCUT2D eigenvalue weighted by molar-refractivity contribution is 5.84. The van der Waals surface area contributed by atoms with Crippen LogP contribution in [0.5, 0.6) is 5.75 Å². The first-order valence-electron chi connectivity index (χ1n) is 6.15. The Morgan fingerprint density at radius 3 is 3.15 bits per heavy atom. The van der Waals surface area contributed by atoms with E-state index < -0.39 is 23.7 Å². The van der Waals surface area contributed by atoms with Gasteiger partial charge in [-0.3, -0.25) is 4.79 Å². The first kappa shape index (κ1) is 12.6. The number of pyridine rings is 2. The van der Waals surface area contributed by atoms with E-state index in [2.05, 4.69) is 9.97 Å². The summed E-state index contributed by atoms with van der Waals surface area (Å²) in [5.41, 5.74) is -0.207. The molecule has 7 heteroatoms. The third-order valence-corrected chi connectivity index (χ3v) is 3.09. The minimum Gasteiger partial charge on any atom is -0.507 e. The molecule has 1 fully saturated rings. The van der Waals surface area contributed by atoms with Gasteiger partial charge < -0.3 is 19.6 Å². The average molecular weight is 276 g/mol. The number of nitrogens with one attached hydrogen (secondary N) is 1. The zero-order valence-corrected chi connectivity index (χ0v) is 10.6. The van der Waals surface area contributed by atoms with Crippen LogP contribution in [0.1, 0.15) is 18.6 Å². The highest BCUT2D eigenvalue weighted by atomic mass is 16.6. The van der Waals surface area contributed by atoms with Gasteiger partial charge in [0, 0.05) is 6.20 Å². The third-order valence-electron chi connectivity index (χ3n) is 3.09. The van der Waals surface area contributed by atoms with Crippen molar-refractivity contribution in [2.24, 2.45) is 0 Å². The molecule has 2 atom stereocenters. The number of fused-ring (bicyclic) bond motifs is 1. The van der Waals surface area contributed by atoms with E-state index in [1.54, 1.807) is 19.1 Å². The van der Waals surface area contributed by atoms with E-state index >= 15 is 0 Å². The molecular formula is C13H12N2O5. The zero-order chi connectivity index (χ0) is 14.3. The van der Waals surface area contributed by atoms with E-state index in [1.165, 1.54) is 6.20 Å². The van der Waals surface area contributed by atoms with Crippen molar-refractivity contribution in [1.82, 2.24) is 9.97 Å². The van der Waals surface area contributed by atoms with Gasteiger partial charge in [-0.25, -0.2) is 9.78 Å². The quantitative estimate of drug-likeness (QED) is 0.629. The number of carbonyl (C=O) groups is 1. The van der Waals surface area contributed by atoms with Crippen molar-refractivity contribution in [2.75, 3.05) is 6.61 Å². The number of carbonyl (C=O) groups excluding carboxylic acids is 1. The summed E-state index contributed by atoms with van der Waals surface area (Å²) in [7, 11) is 0. The van der Waals surface area contributed by atoms with E-state index in [-0.39, 0.29) is 23.6 Å². The van der Waals surface area contributed by atoms with E-state index in [0.717, 1.165) is 0 Å². The monoisotopic (exact) mass is 276 g/mol. The SMILES string of the molecule is CCOC(=O)[C@@H]1O[C@H]1c1c(O)c2cccnc2[nH]c1=O. The second kappa shape index (κ2) is 4.61. The van der Waals surface area contributed by atoms with Crippen LogP contribution in [0.4, 0.5) is 0 Å². The number of H-pyrrole nitrogens is 1. The molecule has 0 radical (unpaired) electrons. The Hall–Kier alpha value is -2.41. The van der Waals surface area contributed by atoms with Gasteiger partial charge in [0.15, 0.2) is 6.10 Å². The molecule has 7 nitrogen and oxygen atoms in total. The summed E-state index contributed by atoms with van der Waals surface area (Å²) >= 11 is 0. The summed E-state index contributed by atoms with van der Waals surface area (Å²) in [6, 6.07) is 3.26. The normalized spacial score (nSPS) is 20.9. The molecule has 0 bridgehead atoms. The fraction of sp³-hybridized carbons (Fsp3) is 0.308. The number of aromatic hydroxyl groups is 1. The van der Waals surface area contributed by atoms with Crippen LogP contribution >= 0.6 is 0 Å². The molecule has 20 heavy (non-hydrogen) atoms. The fourth-order valence-corrected chi connectivity index (χ4v) is 2.12. The molecule has 1 saturated heterocycles. The summed E-state index contributed by atoms with van der Waals surface area (Å²) in [5.74, 6) is -0.753. The second-order valence-electron chi connectivity index (χ2n) is 4.35. The Balaban J connectivity index is 2.02. The molecule has 3 rings (SSSR count). The van der Waals surface area contributed by atoms with Crippen molar-refractivity contribution in [3.63, 3.8) is 0 Å². The summed E-state index contributed by atoms with van der Waals surface area (Å²) in [6.45, 7) is 1.91. The largest absolute Gasteiger partial charge is 0.507 e. The van der Waals surface area contributed by atoms with E-state index in [1.807, 2.05) is 0 Å². The molecule has 0 aliphatic carbocycles. The van der Waals surface area contributed by atoms with E-state index in [9.17, 15) is 14.7 Å². The number of rotatable bonds is 3. The van der Waals surface area contributed by atoms with Crippen molar-refractivity contribution in [2.45, 2.75) is 19.1 Å². The molecule has 104 valence electrons. The summed E-state index contributed by atoms with van der Waals surface area (Å²) in [4.78, 5) is 30.0. The van der Waals surface area contributed by atoms with Crippen LogP contribution in [-0.2, 0) is 14.3 Å². The Bertz CT molecular complexity index is 739. The van der Waals surface area contributed by atoms with Gasteiger partial charge in [-0.15, -0.1) is 0 Å². The number of epoxide rings is 1. The first-order chi connectivity index (χ1) is 9.63. The lowest BCUT2D eigenvalue weighted by Crippen LogP contribution is -2.17. The lowest BCUT2D eigenvalue weighted by atomic mass is 10.1. The number of esters is 1. The van der Waals surface area contributed by atoms with E-state index in [0.29, 0.717) is 5.39 Å². The lowest BCUT2D eigenvalue weighted by Gasteiger charge is -2.04. The molecule has 0 spiro atoms. The van der Waals surface area contributed by atoms with Crippen molar-refractivity contribution in [3.05, 3.63) is 34.2 Å². The fourth-order valence-electron chi connectivity index (χ4n) is 2.12. The van der Waals surface area contributed by atoms with Crippen molar-refractivity contribution >= 4 is 17.0 Å². The number of aromatic nitrogens is 2. The molecule has 1 aliphatic rings. The number of hydrogen-bond donors (Lipinski definition) is 2. The second-order valence-corrected chi connectivity index (χ2v) is 4.35. The van der Waals surface area contributed by atoms with Gasteiger partial charge in [0.2, 0.25) is 0 Å². The smallest absolute Gasteiger partial charge is 0.338 e. The number of nitrogens with zero attached hydrogens (tertiary/aromatic N) is 1. The maximum absolute atomic E-state index is 12.0. The van der Waals surface area contributed by atoms with Gasteiger partial charge in [-0.2, -0.15) is 0 Å². The lowest BCUT2D eigenvalue weighted by molar-refractivity contribution is -0.144. The highest BCUT2D eigenvalue weighted by Gasteiger charge is 2.50. The van der Waals surface area contributed by atoms with Gasteiger partial charge in [-0.1, -0.05) is 0 Å². The van der Waals surface area contributed by atoms with Crippen LogP contribution in [0.25, 0.3) is 11.0 Å². The molecule has 0 unspecified atom stereocenters. The van der Waals surface area contributed by atoms with Crippen LogP contribution in [0.15, 0.2) is 23.1 Å². The number of aromatic amines is 1. The molecule has 0 amide bonds. The van der Waals surface area contributed by atoms with Crippen LogP contribution in [0, 0.1) is 0 Å². The van der Waals surface area contributed by atoms with E-state index in [4.69, 9.17) is 9.47 Å². The van der Waals surface area contributed by atoms with Gasteiger partial charge >= 0.3 is 5.97 Å². The molecule has 3 heterocycles. The highest BCUT2D eigenvalue weighted by Crippen LogP contribution is 2.42. The standard InChI is InChI=1S/C13H12N2O5/c1-2-19-13(18)10-9(20-10)7-8(16)6-4-3-5-14-11(6)15-12(7)17/h3-5,9-10H,2H2,1H3,(H2,14,15,16,17)/t9-,10+/m0/s1. The molecule has 0 aromatic carbocycles. The maximum Gasteiger partial charge on any atom is 0.338 e. The third kappa shape index (κ3) is 1.92. The van der Waals surface area contributed by atoms with Crippen LogP contribution in [0.2, 0.25) is 0 Å². The summed E-state index contributed by atoms with van der Waals surface area (Å²) in [6.07, 6.45) is -0.106. The molecule has 0 saturated carbocycles. The Labute approximate surface area is 113 Å². The van der Waals surface area contributed by atoms with Crippen LogP contribution in [0.3, 0.4) is 0 Å². The van der Waals surface area contributed by atoms with Crippen LogP contribution < -0.4 is 5.56 Å². The van der Waals surface area contributed by atoms with Gasteiger partial charge in [0.1, 0.15) is 17.5 Å². The number of hydrogen-bond acceptors (Lipinski definition) is 6. The minimum absolute atomic E-state index is 0.0311. The van der Waals surface area contributed by atoms with Gasteiger partial charge in [0.05, 0.1) is 17.6 Å². The first-order valence-corrected chi connectivity index (χ1v) is 6.15. The zero-order valence-electron chi connectivity index (χ0n) is 10.6. The minimum atomic E-state index is -0.837. The Morgan fingerprint density at radius 1 is 1.60 bits per heavy atom. The predicted octanol–water partition coefficient (Wildman–Crippen LogP) is 0.632. The predicted molar refractivity (Wildman–Crippen MR) is 68.3 cm³/mol. The molecular weight excluding hydrogens is 264 g/mol. The summed E-state index contributed by atoms with van der Waals surface area (Å²) < 4.78 is 9.97. The van der Waals surface area contributed by atoms with Crippen molar-refractivity contribution in [3.8, 4) is 5.75 Å². The average Bonchev–Trinajstić information content (AvgIpc) is 3.19. The molecule has 2 N–H and O–H groups in total. The summed E-state index contributed by atoms with van der Waals surface area (Å²) in [5, 5.41) is 10.6. The van der Waals surface area contributed by atoms with Crippen LogP contribution in [-0.4, -0.2) is 33.8 Å². The molecule has 1 aliphatic heterocycles. The van der Waals surface area contributed by atoms with Gasteiger partial charge in [-0.05, 0) is 19.1 Å².